The van der Waals surface area contributed by atoms with E-state index >= 15 is 0 Å². The molecule has 0 radical (unpaired) electrons. The summed E-state index contributed by atoms with van der Waals surface area (Å²) in [5, 5.41) is 3.41. The number of aromatic nitrogens is 1. The van der Waals surface area contributed by atoms with Crippen molar-refractivity contribution in [2.45, 2.75) is 19.8 Å². The van der Waals surface area contributed by atoms with Gasteiger partial charge in [0, 0.05) is 5.69 Å². The summed E-state index contributed by atoms with van der Waals surface area (Å²) in [5.74, 6) is 0.140. The van der Waals surface area contributed by atoms with Crippen LogP contribution in [0.2, 0.25) is 10.2 Å². The van der Waals surface area contributed by atoms with Crippen molar-refractivity contribution in [2.75, 3.05) is 5.32 Å². The second kappa shape index (κ2) is 5.68. The Balaban J connectivity index is 2.17. The van der Waals surface area contributed by atoms with Gasteiger partial charge in [-0.2, -0.15) is 0 Å². The molecule has 2 aromatic rings. The molecule has 0 unspecified atom stereocenters. The van der Waals surface area contributed by atoms with Crippen LogP contribution in [0.1, 0.15) is 35.8 Å². The van der Waals surface area contributed by atoms with Gasteiger partial charge in [0.2, 0.25) is 0 Å². The van der Waals surface area contributed by atoms with E-state index in [2.05, 4.69) is 24.1 Å². The van der Waals surface area contributed by atoms with Crippen molar-refractivity contribution in [3.8, 4) is 0 Å². The maximum atomic E-state index is 12.0. The Morgan fingerprint density at radius 1 is 1.26 bits per heavy atom. The van der Waals surface area contributed by atoms with Gasteiger partial charge in [-0.3, -0.25) is 4.79 Å². The van der Waals surface area contributed by atoms with Crippen molar-refractivity contribution in [1.29, 1.82) is 0 Å². The number of nitrogens with one attached hydrogen (secondary N) is 2. The minimum absolute atomic E-state index is 0.266. The van der Waals surface area contributed by atoms with Crippen LogP contribution in [-0.2, 0) is 0 Å². The minimum Gasteiger partial charge on any atom is -0.340 e. The summed E-state index contributed by atoms with van der Waals surface area (Å²) in [6.45, 7) is 4.21. The molecule has 1 heterocycles. The molecule has 3 nitrogen and oxygen atoms in total. The van der Waals surface area contributed by atoms with Crippen molar-refractivity contribution >= 4 is 34.8 Å². The number of hydrogen-bond donors (Lipinski definition) is 2. The van der Waals surface area contributed by atoms with Crippen LogP contribution in [0.3, 0.4) is 0 Å². The maximum absolute atomic E-state index is 12.0. The lowest BCUT2D eigenvalue weighted by molar-refractivity contribution is 0.102. The van der Waals surface area contributed by atoms with Crippen molar-refractivity contribution < 1.29 is 4.79 Å². The number of hydrogen-bond acceptors (Lipinski definition) is 1. The fourth-order valence-corrected chi connectivity index (χ4v) is 2.01. The van der Waals surface area contributed by atoms with Crippen molar-refractivity contribution in [1.82, 2.24) is 4.98 Å². The van der Waals surface area contributed by atoms with Crippen LogP contribution in [0.15, 0.2) is 30.3 Å². The second-order valence-electron chi connectivity index (χ2n) is 4.58. The topological polar surface area (TPSA) is 44.9 Å². The molecule has 100 valence electrons. The Bertz CT molecular complexity index is 586. The average molecular weight is 297 g/mol. The molecule has 2 rings (SSSR count). The molecule has 1 aromatic heterocycles. The highest BCUT2D eigenvalue weighted by Crippen LogP contribution is 2.23. The Morgan fingerprint density at radius 3 is 2.58 bits per heavy atom. The van der Waals surface area contributed by atoms with Gasteiger partial charge in [0.05, 0.1) is 5.02 Å². The average Bonchev–Trinajstić information content (AvgIpc) is 2.70. The van der Waals surface area contributed by atoms with Crippen LogP contribution < -0.4 is 5.32 Å². The van der Waals surface area contributed by atoms with Gasteiger partial charge in [-0.1, -0.05) is 49.2 Å². The quantitative estimate of drug-likeness (QED) is 0.847. The molecule has 0 atom stereocenters. The molecular formula is C14H14Cl2N2O. The standard InChI is InChI=1S/C14H14Cl2N2O/c1-8(2)9-4-3-5-10(6-9)17-14(19)12-7-11(15)13(16)18-12/h3-8,18H,1-2H3,(H,17,19). The van der Waals surface area contributed by atoms with Gasteiger partial charge in [0.15, 0.2) is 0 Å². The number of aromatic amines is 1. The molecule has 0 saturated carbocycles. The first-order valence-electron chi connectivity index (χ1n) is 5.92. The van der Waals surface area contributed by atoms with Gasteiger partial charge >= 0.3 is 0 Å². The number of halogens is 2. The van der Waals surface area contributed by atoms with E-state index < -0.39 is 0 Å². The first-order valence-corrected chi connectivity index (χ1v) is 6.68. The van der Waals surface area contributed by atoms with Gasteiger partial charge in [-0.05, 0) is 29.7 Å². The molecule has 0 aliphatic rings. The molecule has 1 amide bonds. The second-order valence-corrected chi connectivity index (χ2v) is 5.36. The van der Waals surface area contributed by atoms with Crippen molar-refractivity contribution in [3.05, 3.63) is 51.8 Å². The third-order valence-electron chi connectivity index (χ3n) is 2.78. The first-order chi connectivity index (χ1) is 8.97. The number of amides is 1. The SMILES string of the molecule is CC(C)c1cccc(NC(=O)c2cc(Cl)c(Cl)[nH]2)c1. The third-order valence-corrected chi connectivity index (χ3v) is 3.47. The number of benzene rings is 1. The largest absolute Gasteiger partial charge is 0.340 e. The van der Waals surface area contributed by atoms with E-state index in [1.165, 1.54) is 11.6 Å². The number of carbonyl (C=O) groups excluding carboxylic acids is 1. The summed E-state index contributed by atoms with van der Waals surface area (Å²) in [7, 11) is 0. The predicted octanol–water partition coefficient (Wildman–Crippen LogP) is 4.70. The summed E-state index contributed by atoms with van der Waals surface area (Å²) in [6.07, 6.45) is 0. The molecule has 0 aliphatic carbocycles. The number of rotatable bonds is 3. The predicted molar refractivity (Wildman–Crippen MR) is 79.3 cm³/mol. The molecule has 0 saturated heterocycles. The summed E-state index contributed by atoms with van der Waals surface area (Å²) in [5.41, 5.74) is 2.25. The number of H-pyrrole nitrogens is 1. The molecule has 0 spiro atoms. The molecule has 1 aromatic carbocycles. The first kappa shape index (κ1) is 14.0. The van der Waals surface area contributed by atoms with Crippen molar-refractivity contribution in [3.63, 3.8) is 0 Å². The van der Waals surface area contributed by atoms with Gasteiger partial charge in [-0.25, -0.2) is 0 Å². The van der Waals surface area contributed by atoms with Crippen LogP contribution >= 0.6 is 23.2 Å². The highest BCUT2D eigenvalue weighted by atomic mass is 35.5. The maximum Gasteiger partial charge on any atom is 0.272 e. The van der Waals surface area contributed by atoms with Gasteiger partial charge in [0.1, 0.15) is 10.8 Å². The van der Waals surface area contributed by atoms with E-state index in [4.69, 9.17) is 23.2 Å². The zero-order valence-corrected chi connectivity index (χ0v) is 12.1. The summed E-state index contributed by atoms with van der Waals surface area (Å²) in [4.78, 5) is 14.7. The van der Waals surface area contributed by atoms with Gasteiger partial charge < -0.3 is 10.3 Å². The Morgan fingerprint density at radius 2 is 2.00 bits per heavy atom. The minimum atomic E-state index is -0.269. The smallest absolute Gasteiger partial charge is 0.272 e. The zero-order chi connectivity index (χ0) is 14.0. The zero-order valence-electron chi connectivity index (χ0n) is 10.6. The molecule has 19 heavy (non-hydrogen) atoms. The fourth-order valence-electron chi connectivity index (χ4n) is 1.70. The lowest BCUT2D eigenvalue weighted by Gasteiger charge is -2.08. The van der Waals surface area contributed by atoms with Crippen LogP contribution in [0.25, 0.3) is 0 Å². The molecule has 0 fully saturated rings. The monoisotopic (exact) mass is 296 g/mol. The van der Waals surface area contributed by atoms with Crippen LogP contribution in [0.4, 0.5) is 5.69 Å². The van der Waals surface area contributed by atoms with Crippen LogP contribution in [0.5, 0.6) is 0 Å². The number of anilines is 1. The fraction of sp³-hybridized carbons (Fsp3) is 0.214. The normalized spacial score (nSPS) is 10.8. The van der Waals surface area contributed by atoms with E-state index in [0.29, 0.717) is 16.6 Å². The summed E-state index contributed by atoms with van der Waals surface area (Å²) < 4.78 is 0. The molecule has 2 N–H and O–H groups in total. The Labute approximate surface area is 121 Å². The number of carbonyl (C=O) groups is 1. The van der Waals surface area contributed by atoms with Gasteiger partial charge in [-0.15, -0.1) is 0 Å². The molecule has 5 heteroatoms. The lowest BCUT2D eigenvalue weighted by Crippen LogP contribution is -2.12. The van der Waals surface area contributed by atoms with Crippen LogP contribution in [-0.4, -0.2) is 10.9 Å². The van der Waals surface area contributed by atoms with E-state index in [1.54, 1.807) is 0 Å². The highest BCUT2D eigenvalue weighted by molar-refractivity contribution is 6.41. The molecule has 0 aliphatic heterocycles. The molecular weight excluding hydrogens is 283 g/mol. The van der Waals surface area contributed by atoms with E-state index in [-0.39, 0.29) is 11.1 Å². The highest BCUT2D eigenvalue weighted by Gasteiger charge is 2.12. The van der Waals surface area contributed by atoms with E-state index in [1.807, 2.05) is 24.3 Å². The lowest BCUT2D eigenvalue weighted by atomic mass is 10.0. The van der Waals surface area contributed by atoms with Crippen molar-refractivity contribution in [2.24, 2.45) is 0 Å². The van der Waals surface area contributed by atoms with Gasteiger partial charge in [0.25, 0.3) is 5.91 Å². The van der Waals surface area contributed by atoms with E-state index in [9.17, 15) is 4.79 Å². The summed E-state index contributed by atoms with van der Waals surface area (Å²) in [6, 6.07) is 9.25. The van der Waals surface area contributed by atoms with E-state index in [0.717, 1.165) is 5.69 Å². The molecule has 0 bridgehead atoms. The Hall–Kier alpha value is -1.45. The summed E-state index contributed by atoms with van der Waals surface area (Å²) >= 11 is 11.6. The third kappa shape index (κ3) is 3.31. The Kier molecular flexibility index (Phi) is 4.17. The van der Waals surface area contributed by atoms with Crippen LogP contribution in [0, 0.1) is 0 Å².